The van der Waals surface area contributed by atoms with E-state index in [1.807, 2.05) is 20.8 Å². The van der Waals surface area contributed by atoms with Crippen LogP contribution in [0.25, 0.3) is 6.08 Å². The Labute approximate surface area is 135 Å². The second kappa shape index (κ2) is 8.36. The van der Waals surface area contributed by atoms with Crippen LogP contribution < -0.4 is 11.2 Å². The Morgan fingerprint density at radius 1 is 1.35 bits per heavy atom. The van der Waals surface area contributed by atoms with Crippen molar-refractivity contribution in [3.63, 3.8) is 0 Å². The normalized spacial score (nSPS) is 12.6. The Balaban J connectivity index is 3.46. The van der Waals surface area contributed by atoms with E-state index in [1.165, 1.54) is 37.3 Å². The maximum atomic E-state index is 12.4. The van der Waals surface area contributed by atoms with Crippen LogP contribution in [-0.4, -0.2) is 28.8 Å². The molecule has 0 spiro atoms. The van der Waals surface area contributed by atoms with Crippen LogP contribution in [0.2, 0.25) is 0 Å². The zero-order valence-corrected chi connectivity index (χ0v) is 14.2. The van der Waals surface area contributed by atoms with E-state index in [1.54, 1.807) is 0 Å². The summed E-state index contributed by atoms with van der Waals surface area (Å²) >= 11 is 0. The third-order valence-corrected chi connectivity index (χ3v) is 3.35. The lowest BCUT2D eigenvalue weighted by Crippen LogP contribution is -2.42. The Bertz CT molecular complexity index is 685. The van der Waals surface area contributed by atoms with Gasteiger partial charge in [-0.1, -0.05) is 13.8 Å². The van der Waals surface area contributed by atoms with Crippen LogP contribution in [0.3, 0.4) is 0 Å². The van der Waals surface area contributed by atoms with Gasteiger partial charge in [0.15, 0.2) is 0 Å². The van der Waals surface area contributed by atoms with E-state index in [2.05, 4.69) is 0 Å². The maximum Gasteiger partial charge on any atom is 0.331 e. The highest BCUT2D eigenvalue weighted by atomic mass is 16.5. The predicted molar refractivity (Wildman–Crippen MR) is 87.1 cm³/mol. The van der Waals surface area contributed by atoms with E-state index in [0.717, 1.165) is 4.57 Å². The number of esters is 1. The van der Waals surface area contributed by atoms with Crippen LogP contribution in [0.4, 0.5) is 0 Å². The number of hydrogen-bond acceptors (Lipinski definition) is 5. The fourth-order valence-electron chi connectivity index (χ4n) is 2.18. The fraction of sp³-hybridized carbons (Fsp3) is 0.562. The smallest absolute Gasteiger partial charge is 0.331 e. The number of nitrogens with zero attached hydrogens (tertiary/aromatic N) is 2. The van der Waals surface area contributed by atoms with Gasteiger partial charge in [0, 0.05) is 13.2 Å². The minimum absolute atomic E-state index is 0.172. The highest BCUT2D eigenvalue weighted by molar-refractivity contribution is 5.74. The van der Waals surface area contributed by atoms with Crippen LogP contribution >= 0.6 is 0 Å². The van der Waals surface area contributed by atoms with Crippen molar-refractivity contribution in [1.29, 1.82) is 0 Å². The van der Waals surface area contributed by atoms with Gasteiger partial charge >= 0.3 is 11.7 Å². The van der Waals surface area contributed by atoms with Crippen molar-refractivity contribution in [2.45, 2.75) is 33.2 Å². The zero-order chi connectivity index (χ0) is 17.6. The van der Waals surface area contributed by atoms with Crippen molar-refractivity contribution in [2.24, 2.45) is 13.0 Å². The second-order valence-electron chi connectivity index (χ2n) is 5.57. The van der Waals surface area contributed by atoms with Gasteiger partial charge in [-0.3, -0.25) is 13.9 Å². The van der Waals surface area contributed by atoms with Crippen LogP contribution in [0.5, 0.6) is 0 Å². The number of methoxy groups -OCH3 is 1. The van der Waals surface area contributed by atoms with Crippen LogP contribution in [0.15, 0.2) is 22.0 Å². The molecular weight excluding hydrogens is 300 g/mol. The lowest BCUT2D eigenvalue weighted by Gasteiger charge is -2.20. The number of hydrogen-bond donors (Lipinski definition) is 0. The summed E-state index contributed by atoms with van der Waals surface area (Å²) in [7, 11) is 2.65. The summed E-state index contributed by atoms with van der Waals surface area (Å²) < 4.78 is 12.1. The zero-order valence-electron chi connectivity index (χ0n) is 14.2. The van der Waals surface area contributed by atoms with E-state index in [0.29, 0.717) is 13.0 Å². The lowest BCUT2D eigenvalue weighted by molar-refractivity contribution is -0.145. The van der Waals surface area contributed by atoms with Crippen LogP contribution in [-0.2, 0) is 21.3 Å². The number of aromatic nitrogens is 2. The largest absolute Gasteiger partial charge is 0.501 e. The molecule has 1 aromatic rings. The molecule has 23 heavy (non-hydrogen) atoms. The summed E-state index contributed by atoms with van der Waals surface area (Å²) in [4.78, 5) is 36.6. The molecule has 128 valence electrons. The van der Waals surface area contributed by atoms with Crippen LogP contribution in [0.1, 0.15) is 38.8 Å². The molecule has 7 nitrogen and oxygen atoms in total. The summed E-state index contributed by atoms with van der Waals surface area (Å²) in [6.07, 6.45) is 4.68. The van der Waals surface area contributed by atoms with Crippen molar-refractivity contribution < 1.29 is 14.3 Å². The van der Waals surface area contributed by atoms with Gasteiger partial charge in [0.25, 0.3) is 5.56 Å². The van der Waals surface area contributed by atoms with Gasteiger partial charge in [-0.05, 0) is 25.3 Å². The fourth-order valence-corrected chi connectivity index (χ4v) is 2.18. The summed E-state index contributed by atoms with van der Waals surface area (Å²) in [5.41, 5.74) is -0.742. The van der Waals surface area contributed by atoms with E-state index >= 15 is 0 Å². The average molecular weight is 324 g/mol. The molecule has 0 N–H and O–H groups in total. The summed E-state index contributed by atoms with van der Waals surface area (Å²) in [5.74, 6) is -0.343. The Hall–Kier alpha value is -2.31. The number of carbonyl (C=O) groups is 1. The Morgan fingerprint density at radius 2 is 2.00 bits per heavy atom. The molecule has 1 heterocycles. The molecule has 0 aromatic carbocycles. The second-order valence-corrected chi connectivity index (χ2v) is 5.57. The van der Waals surface area contributed by atoms with Gasteiger partial charge in [-0.15, -0.1) is 0 Å². The van der Waals surface area contributed by atoms with Crippen LogP contribution in [0, 0.1) is 5.92 Å². The van der Waals surface area contributed by atoms with Crippen molar-refractivity contribution >= 4 is 12.0 Å². The van der Waals surface area contributed by atoms with E-state index in [4.69, 9.17) is 9.47 Å². The highest BCUT2D eigenvalue weighted by Crippen LogP contribution is 2.17. The molecular formula is C16H24N2O5. The lowest BCUT2D eigenvalue weighted by atomic mass is 10.0. The number of rotatable bonds is 7. The quantitative estimate of drug-likeness (QED) is 0.558. The minimum atomic E-state index is -0.779. The first-order chi connectivity index (χ1) is 10.8. The predicted octanol–water partition coefficient (Wildman–Crippen LogP) is 1.31. The van der Waals surface area contributed by atoms with E-state index < -0.39 is 23.3 Å². The van der Waals surface area contributed by atoms with Crippen molar-refractivity contribution in [3.05, 3.63) is 38.9 Å². The third kappa shape index (κ3) is 4.58. The molecule has 1 unspecified atom stereocenters. The molecule has 0 aliphatic rings. The molecule has 1 rings (SSSR count). The molecule has 1 aromatic heterocycles. The molecule has 0 saturated heterocycles. The van der Waals surface area contributed by atoms with Crippen molar-refractivity contribution in [1.82, 2.24) is 9.13 Å². The molecule has 0 aliphatic carbocycles. The van der Waals surface area contributed by atoms with Gasteiger partial charge in [0.2, 0.25) is 0 Å². The molecule has 0 saturated carbocycles. The molecule has 7 heteroatoms. The SMILES string of the molecule is CCOC=Cc1cn(C(CC(C)C)C(=O)OC)c(=O)n(C)c1=O. The van der Waals surface area contributed by atoms with Crippen molar-refractivity contribution in [3.8, 4) is 0 Å². The number of ether oxygens (including phenoxy) is 2. The summed E-state index contributed by atoms with van der Waals surface area (Å²) in [6, 6.07) is -0.779. The van der Waals surface area contributed by atoms with Gasteiger partial charge in [-0.2, -0.15) is 0 Å². The maximum absolute atomic E-state index is 12.4. The van der Waals surface area contributed by atoms with Crippen molar-refractivity contribution in [2.75, 3.05) is 13.7 Å². The van der Waals surface area contributed by atoms with Gasteiger partial charge in [-0.25, -0.2) is 9.59 Å². The van der Waals surface area contributed by atoms with Gasteiger partial charge < -0.3 is 9.47 Å². The summed E-state index contributed by atoms with van der Waals surface area (Å²) in [6.45, 7) is 6.17. The highest BCUT2D eigenvalue weighted by Gasteiger charge is 2.25. The first-order valence-corrected chi connectivity index (χ1v) is 7.51. The molecule has 0 aliphatic heterocycles. The summed E-state index contributed by atoms with van der Waals surface area (Å²) in [5, 5.41) is 0. The molecule has 0 bridgehead atoms. The first-order valence-electron chi connectivity index (χ1n) is 7.51. The van der Waals surface area contributed by atoms with Gasteiger partial charge in [0.1, 0.15) is 6.04 Å². The minimum Gasteiger partial charge on any atom is -0.501 e. The molecule has 0 amide bonds. The number of carbonyl (C=O) groups excluding carboxylic acids is 1. The van der Waals surface area contributed by atoms with Gasteiger partial charge in [0.05, 0.1) is 25.5 Å². The topological polar surface area (TPSA) is 79.5 Å². The van der Waals surface area contributed by atoms with E-state index in [9.17, 15) is 14.4 Å². The average Bonchev–Trinajstić information content (AvgIpc) is 2.52. The Morgan fingerprint density at radius 3 is 2.52 bits per heavy atom. The third-order valence-electron chi connectivity index (χ3n) is 3.35. The van der Waals surface area contributed by atoms with E-state index in [-0.39, 0.29) is 11.5 Å². The monoisotopic (exact) mass is 324 g/mol. The first kappa shape index (κ1) is 18.7. The standard InChI is InChI=1S/C16H24N2O5/c1-6-23-8-7-12-10-18(16(21)17(4)14(12)19)13(9-11(2)3)15(20)22-5/h7-8,10-11,13H,6,9H2,1-5H3. The molecule has 0 fully saturated rings. The molecule has 0 radical (unpaired) electrons. The molecule has 1 atom stereocenters. The Kier molecular flexibility index (Phi) is 6.81.